The summed E-state index contributed by atoms with van der Waals surface area (Å²) in [5, 5.41) is 20.3. The second-order valence-electron chi connectivity index (χ2n) is 3.84. The average Bonchev–Trinajstić information content (AvgIpc) is 2.77. The molecule has 2 heterocycles. The van der Waals surface area contributed by atoms with E-state index in [1.165, 1.54) is 0 Å². The number of rotatable bonds is 5. The molecule has 18 heavy (non-hydrogen) atoms. The Balaban J connectivity index is 2.02. The molecule has 0 saturated carbocycles. The summed E-state index contributed by atoms with van der Waals surface area (Å²) in [5.41, 5.74) is 2.61. The topological polar surface area (TPSA) is 75.9 Å². The van der Waals surface area contributed by atoms with Crippen molar-refractivity contribution in [2.24, 2.45) is 0 Å². The quantitative estimate of drug-likeness (QED) is 0.797. The molecule has 6 nitrogen and oxygen atoms in total. The minimum Gasteiger partial charge on any atom is -0.394 e. The van der Waals surface area contributed by atoms with E-state index in [-0.39, 0.29) is 6.61 Å². The maximum Gasteiger partial charge on any atom is 0.152 e. The zero-order valence-corrected chi connectivity index (χ0v) is 10.7. The van der Waals surface area contributed by atoms with E-state index in [9.17, 15) is 0 Å². The number of nitrogens with zero attached hydrogens (tertiary/aromatic N) is 4. The zero-order valence-electron chi connectivity index (χ0n) is 9.97. The van der Waals surface area contributed by atoms with Crippen molar-refractivity contribution >= 4 is 17.3 Å². The fourth-order valence-electron chi connectivity index (χ4n) is 1.55. The number of aryl methyl sites for hydroxylation is 1. The van der Waals surface area contributed by atoms with E-state index in [2.05, 4.69) is 20.6 Å². The summed E-state index contributed by atoms with van der Waals surface area (Å²) in [6.07, 6.45) is 3.45. The molecule has 0 aliphatic heterocycles. The summed E-state index contributed by atoms with van der Waals surface area (Å²) in [7, 11) is 0. The fraction of sp³-hybridized carbons (Fsp3) is 0.364. The van der Waals surface area contributed by atoms with Crippen LogP contribution in [0.1, 0.15) is 11.3 Å². The van der Waals surface area contributed by atoms with E-state index in [1.807, 2.05) is 13.0 Å². The van der Waals surface area contributed by atoms with Crippen molar-refractivity contribution in [2.75, 3.05) is 11.9 Å². The summed E-state index contributed by atoms with van der Waals surface area (Å²) >= 11 is 6.00. The van der Waals surface area contributed by atoms with Crippen LogP contribution < -0.4 is 5.32 Å². The van der Waals surface area contributed by atoms with Crippen molar-refractivity contribution in [3.05, 3.63) is 34.9 Å². The van der Waals surface area contributed by atoms with Gasteiger partial charge in [-0.1, -0.05) is 16.8 Å². The van der Waals surface area contributed by atoms with Crippen LogP contribution in [-0.4, -0.2) is 31.7 Å². The lowest BCUT2D eigenvalue weighted by Gasteiger charge is -2.08. The van der Waals surface area contributed by atoms with E-state index >= 15 is 0 Å². The molecular formula is C11H14ClN5O. The van der Waals surface area contributed by atoms with Crippen LogP contribution in [0.15, 0.2) is 18.5 Å². The van der Waals surface area contributed by atoms with Gasteiger partial charge >= 0.3 is 0 Å². The van der Waals surface area contributed by atoms with Gasteiger partial charge in [-0.3, -0.25) is 0 Å². The minimum atomic E-state index is 0.0454. The summed E-state index contributed by atoms with van der Waals surface area (Å²) in [5.74, 6) is 0. The fourth-order valence-corrected chi connectivity index (χ4v) is 1.82. The monoisotopic (exact) mass is 267 g/mol. The van der Waals surface area contributed by atoms with E-state index in [0.717, 1.165) is 16.9 Å². The second-order valence-corrected chi connectivity index (χ2v) is 4.20. The molecule has 0 amide bonds. The number of hydrogen-bond donors (Lipinski definition) is 2. The Hall–Kier alpha value is -1.66. The third kappa shape index (κ3) is 2.96. The van der Waals surface area contributed by atoms with Crippen LogP contribution in [0.25, 0.3) is 0 Å². The van der Waals surface area contributed by atoms with Gasteiger partial charge in [0.15, 0.2) is 5.15 Å². The molecule has 0 bridgehead atoms. The van der Waals surface area contributed by atoms with Gasteiger partial charge in [-0.25, -0.2) is 9.67 Å². The van der Waals surface area contributed by atoms with Gasteiger partial charge in [0.25, 0.3) is 0 Å². The first-order chi connectivity index (χ1) is 8.70. The van der Waals surface area contributed by atoms with E-state index in [1.54, 1.807) is 17.1 Å². The van der Waals surface area contributed by atoms with Crippen molar-refractivity contribution in [3.63, 3.8) is 0 Å². The van der Waals surface area contributed by atoms with Crippen LogP contribution >= 0.6 is 11.6 Å². The van der Waals surface area contributed by atoms with E-state index in [4.69, 9.17) is 16.7 Å². The molecule has 2 N–H and O–H groups in total. The Bertz CT molecular complexity index is 508. The Morgan fingerprint density at radius 2 is 2.33 bits per heavy atom. The molecule has 2 rings (SSSR count). The van der Waals surface area contributed by atoms with Crippen LogP contribution in [0, 0.1) is 6.92 Å². The summed E-state index contributed by atoms with van der Waals surface area (Å²) < 4.78 is 1.59. The molecule has 0 aromatic carbocycles. The molecule has 7 heteroatoms. The minimum absolute atomic E-state index is 0.0454. The van der Waals surface area contributed by atoms with Gasteiger partial charge in [0, 0.05) is 6.20 Å². The van der Waals surface area contributed by atoms with Gasteiger partial charge in [-0.05, 0) is 18.6 Å². The average molecular weight is 268 g/mol. The number of anilines is 1. The maximum atomic E-state index is 8.78. The lowest BCUT2D eigenvalue weighted by Crippen LogP contribution is -2.03. The van der Waals surface area contributed by atoms with Crippen molar-refractivity contribution in [1.29, 1.82) is 0 Å². The van der Waals surface area contributed by atoms with Gasteiger partial charge in [0.1, 0.15) is 5.69 Å². The first-order valence-electron chi connectivity index (χ1n) is 5.55. The molecule has 0 unspecified atom stereocenters. The molecule has 0 spiro atoms. The van der Waals surface area contributed by atoms with Crippen LogP contribution in [0.2, 0.25) is 5.15 Å². The number of aliphatic hydroxyl groups is 1. The smallest absolute Gasteiger partial charge is 0.152 e. The van der Waals surface area contributed by atoms with E-state index < -0.39 is 0 Å². The van der Waals surface area contributed by atoms with Crippen LogP contribution in [0.3, 0.4) is 0 Å². The van der Waals surface area contributed by atoms with Crippen molar-refractivity contribution < 1.29 is 5.11 Å². The largest absolute Gasteiger partial charge is 0.394 e. The molecule has 0 saturated heterocycles. The van der Waals surface area contributed by atoms with Gasteiger partial charge in [-0.15, -0.1) is 5.10 Å². The SMILES string of the molecule is Cc1ccnc(Cl)c1NCc1cn(CCO)nn1. The molecule has 0 radical (unpaired) electrons. The molecule has 2 aromatic heterocycles. The predicted octanol–water partition coefficient (Wildman–Crippen LogP) is 1.24. The predicted molar refractivity (Wildman–Crippen MR) is 68.4 cm³/mol. The molecule has 0 fully saturated rings. The lowest BCUT2D eigenvalue weighted by molar-refractivity contribution is 0.268. The third-order valence-electron chi connectivity index (χ3n) is 2.47. The van der Waals surface area contributed by atoms with Gasteiger partial charge < -0.3 is 10.4 Å². The zero-order chi connectivity index (χ0) is 13.0. The number of pyridine rings is 1. The van der Waals surface area contributed by atoms with Crippen molar-refractivity contribution in [2.45, 2.75) is 20.0 Å². The number of aliphatic hydroxyl groups excluding tert-OH is 1. The van der Waals surface area contributed by atoms with Crippen LogP contribution in [0.5, 0.6) is 0 Å². The Kier molecular flexibility index (Phi) is 4.11. The Labute approximate surface area is 110 Å². The first kappa shape index (κ1) is 12.8. The maximum absolute atomic E-state index is 8.78. The van der Waals surface area contributed by atoms with Crippen molar-refractivity contribution in [3.8, 4) is 0 Å². The molecular weight excluding hydrogens is 254 g/mol. The van der Waals surface area contributed by atoms with Gasteiger partial charge in [-0.2, -0.15) is 0 Å². The van der Waals surface area contributed by atoms with Gasteiger partial charge in [0.05, 0.1) is 31.6 Å². The Morgan fingerprint density at radius 1 is 1.50 bits per heavy atom. The van der Waals surface area contributed by atoms with E-state index in [0.29, 0.717) is 18.2 Å². The molecule has 96 valence electrons. The molecule has 2 aromatic rings. The third-order valence-corrected chi connectivity index (χ3v) is 2.76. The molecule has 0 atom stereocenters. The van der Waals surface area contributed by atoms with Crippen molar-refractivity contribution in [1.82, 2.24) is 20.0 Å². The summed E-state index contributed by atoms with van der Waals surface area (Å²) in [6, 6.07) is 1.89. The highest BCUT2D eigenvalue weighted by Gasteiger charge is 2.06. The number of hydrogen-bond acceptors (Lipinski definition) is 5. The standard InChI is InChI=1S/C11H14ClN5O/c1-8-2-3-13-11(12)10(8)14-6-9-7-17(4-5-18)16-15-9/h2-3,7,14,18H,4-6H2,1H3. The van der Waals surface area contributed by atoms with Crippen LogP contribution in [-0.2, 0) is 13.1 Å². The van der Waals surface area contributed by atoms with Crippen LogP contribution in [0.4, 0.5) is 5.69 Å². The normalized spacial score (nSPS) is 10.6. The number of aromatic nitrogens is 4. The second kappa shape index (κ2) is 5.79. The van der Waals surface area contributed by atoms with Gasteiger partial charge in [0.2, 0.25) is 0 Å². The Morgan fingerprint density at radius 3 is 3.06 bits per heavy atom. The first-order valence-corrected chi connectivity index (χ1v) is 5.93. The summed E-state index contributed by atoms with van der Waals surface area (Å²) in [6.45, 7) is 2.96. The summed E-state index contributed by atoms with van der Waals surface area (Å²) in [4.78, 5) is 4.02. The number of nitrogens with one attached hydrogen (secondary N) is 1. The highest BCUT2D eigenvalue weighted by Crippen LogP contribution is 2.22. The molecule has 0 aliphatic rings. The highest BCUT2D eigenvalue weighted by atomic mass is 35.5. The number of halogens is 1. The molecule has 0 aliphatic carbocycles. The highest BCUT2D eigenvalue weighted by molar-refractivity contribution is 6.32. The lowest BCUT2D eigenvalue weighted by atomic mass is 10.2.